The lowest BCUT2D eigenvalue weighted by molar-refractivity contribution is -0.111. The molecule has 3 rings (SSSR count). The molecule has 168 valence electrons. The van der Waals surface area contributed by atoms with E-state index in [2.05, 4.69) is 62.9 Å². The number of benzene rings is 2. The van der Waals surface area contributed by atoms with E-state index in [0.717, 1.165) is 44.8 Å². The van der Waals surface area contributed by atoms with E-state index in [4.69, 9.17) is 28.9 Å². The van der Waals surface area contributed by atoms with Crippen LogP contribution in [0, 0.1) is 0 Å². The van der Waals surface area contributed by atoms with Gasteiger partial charge in [-0.3, -0.25) is 4.79 Å². The highest BCUT2D eigenvalue weighted by molar-refractivity contribution is 6.55. The number of allylic oxidation sites excluding steroid dienone is 5. The molecular formula is C27H30Cl2N2O. The highest BCUT2D eigenvalue weighted by Crippen LogP contribution is 2.42. The summed E-state index contributed by atoms with van der Waals surface area (Å²) in [6.45, 7) is 8.62. The minimum Gasteiger partial charge on any atom is -0.398 e. The number of nitrogens with zero attached hydrogens (tertiary/aromatic N) is 1. The van der Waals surface area contributed by atoms with Gasteiger partial charge in [0.05, 0.1) is 10.1 Å². The smallest absolute Gasteiger partial charge is 0.215 e. The van der Waals surface area contributed by atoms with Gasteiger partial charge in [0, 0.05) is 25.5 Å². The largest absolute Gasteiger partial charge is 0.398 e. The Kier molecular flexibility index (Phi) is 7.22. The molecule has 0 saturated carbocycles. The second kappa shape index (κ2) is 9.56. The maximum absolute atomic E-state index is 12.0. The van der Waals surface area contributed by atoms with Gasteiger partial charge in [0.1, 0.15) is 0 Å². The van der Waals surface area contributed by atoms with Crippen LogP contribution >= 0.6 is 23.2 Å². The zero-order valence-electron chi connectivity index (χ0n) is 19.5. The van der Waals surface area contributed by atoms with Crippen LogP contribution in [0.2, 0.25) is 0 Å². The molecule has 2 aromatic carbocycles. The number of hydrogen-bond donors (Lipinski definition) is 1. The van der Waals surface area contributed by atoms with Crippen molar-refractivity contribution in [2.24, 2.45) is 0 Å². The van der Waals surface area contributed by atoms with Gasteiger partial charge in [-0.05, 0) is 81.7 Å². The van der Waals surface area contributed by atoms with E-state index < -0.39 is 0 Å². The van der Waals surface area contributed by atoms with Crippen LogP contribution in [0.4, 0.5) is 11.4 Å². The summed E-state index contributed by atoms with van der Waals surface area (Å²) in [7, 11) is 4.05. The van der Waals surface area contributed by atoms with Gasteiger partial charge in [-0.2, -0.15) is 0 Å². The van der Waals surface area contributed by atoms with E-state index >= 15 is 0 Å². The monoisotopic (exact) mass is 468 g/mol. The molecule has 5 heteroatoms. The standard InChI is InChI=1S/C27H30Cl2N2O/c1-15(2)21-14-19(11-17-12-22(28)27(32)23(29)13-17)25(24(16(3)4)26(21)30)18-7-9-20(10-8-18)31(5)6/h7-16H,30H2,1-6H3. The molecule has 3 nitrogen and oxygen atoms in total. The van der Waals surface area contributed by atoms with Gasteiger partial charge in [-0.25, -0.2) is 0 Å². The Hall–Kier alpha value is -2.49. The molecular weight excluding hydrogens is 439 g/mol. The molecule has 0 fully saturated rings. The molecule has 0 radical (unpaired) electrons. The topological polar surface area (TPSA) is 46.3 Å². The van der Waals surface area contributed by atoms with Crippen LogP contribution in [0.5, 0.6) is 0 Å². The molecule has 0 atom stereocenters. The number of anilines is 2. The van der Waals surface area contributed by atoms with Crippen LogP contribution in [0.15, 0.2) is 58.1 Å². The lowest BCUT2D eigenvalue weighted by Crippen LogP contribution is -2.09. The van der Waals surface area contributed by atoms with Crippen LogP contribution < -0.4 is 10.6 Å². The predicted octanol–water partition coefficient (Wildman–Crippen LogP) is 7.46. The van der Waals surface area contributed by atoms with Crippen molar-refractivity contribution in [3.05, 3.63) is 74.8 Å². The first-order chi connectivity index (χ1) is 15.0. The average molecular weight is 469 g/mol. The number of Topliss-reactive ketones (excluding diaryl/α,β-unsaturated/α-hetero) is 1. The lowest BCUT2D eigenvalue weighted by Gasteiger charge is -2.24. The fourth-order valence-electron chi connectivity index (χ4n) is 4.05. The van der Waals surface area contributed by atoms with Gasteiger partial charge in [0.2, 0.25) is 5.78 Å². The molecule has 1 aliphatic rings. The Morgan fingerprint density at radius 3 is 1.97 bits per heavy atom. The average Bonchev–Trinajstić information content (AvgIpc) is 2.72. The second-order valence-electron chi connectivity index (χ2n) is 8.97. The number of carbonyl (C=O) groups is 1. The summed E-state index contributed by atoms with van der Waals surface area (Å²) < 4.78 is 0. The molecule has 0 aliphatic heterocycles. The van der Waals surface area contributed by atoms with E-state index in [9.17, 15) is 4.79 Å². The second-order valence-corrected chi connectivity index (χ2v) is 9.78. The minimum atomic E-state index is -0.354. The van der Waals surface area contributed by atoms with E-state index in [1.54, 1.807) is 12.2 Å². The van der Waals surface area contributed by atoms with Crippen molar-refractivity contribution in [3.8, 4) is 11.1 Å². The molecule has 1 aliphatic carbocycles. The summed E-state index contributed by atoms with van der Waals surface area (Å²) in [5, 5.41) is 0.230. The molecule has 2 N–H and O–H groups in total. The Labute approximate surface area is 201 Å². The third-order valence-corrected chi connectivity index (χ3v) is 6.25. The molecule has 0 saturated heterocycles. The Bertz CT molecular complexity index is 1110. The van der Waals surface area contributed by atoms with Crippen LogP contribution in [0.25, 0.3) is 17.2 Å². The number of nitrogens with two attached hydrogens (primary N) is 1. The molecule has 2 aromatic rings. The lowest BCUT2D eigenvalue weighted by atomic mass is 9.82. The first kappa shape index (κ1) is 24.2. The Morgan fingerprint density at radius 1 is 0.938 bits per heavy atom. The molecule has 0 unspecified atom stereocenters. The van der Waals surface area contributed by atoms with Crippen molar-refractivity contribution in [1.29, 1.82) is 0 Å². The van der Waals surface area contributed by atoms with E-state index in [1.165, 1.54) is 0 Å². The van der Waals surface area contributed by atoms with Crippen LogP contribution in [-0.2, 0) is 4.79 Å². The van der Waals surface area contributed by atoms with Crippen LogP contribution in [0.3, 0.4) is 0 Å². The van der Waals surface area contributed by atoms with Gasteiger partial charge in [0.25, 0.3) is 0 Å². The summed E-state index contributed by atoms with van der Waals surface area (Å²) in [5.74, 6) is 0.134. The quantitative estimate of drug-likeness (QED) is 0.463. The molecule has 0 bridgehead atoms. The van der Waals surface area contributed by atoms with E-state index in [0.29, 0.717) is 0 Å². The van der Waals surface area contributed by atoms with Gasteiger partial charge >= 0.3 is 0 Å². The normalized spacial score (nSPS) is 14.1. The highest BCUT2D eigenvalue weighted by Gasteiger charge is 2.22. The van der Waals surface area contributed by atoms with Gasteiger partial charge < -0.3 is 10.6 Å². The first-order valence-corrected chi connectivity index (χ1v) is 11.5. The van der Waals surface area contributed by atoms with Crippen LogP contribution in [-0.4, -0.2) is 19.9 Å². The van der Waals surface area contributed by atoms with Crippen molar-refractivity contribution >= 4 is 46.4 Å². The molecule has 0 spiro atoms. The van der Waals surface area contributed by atoms with Crippen molar-refractivity contribution in [2.75, 3.05) is 24.7 Å². The fraction of sp³-hybridized carbons (Fsp3) is 0.296. The van der Waals surface area contributed by atoms with Crippen molar-refractivity contribution in [1.82, 2.24) is 0 Å². The third-order valence-electron chi connectivity index (χ3n) is 5.68. The van der Waals surface area contributed by atoms with Crippen LogP contribution in [0.1, 0.15) is 56.2 Å². The first-order valence-electron chi connectivity index (χ1n) is 10.8. The maximum atomic E-state index is 12.0. The maximum Gasteiger partial charge on any atom is 0.215 e. The molecule has 0 aromatic heterocycles. The number of hydrogen-bond acceptors (Lipinski definition) is 3. The number of carbonyl (C=O) groups excluding carboxylic acids is 1. The summed E-state index contributed by atoms with van der Waals surface area (Å²) in [6.07, 6.45) is 5.36. The molecule has 0 amide bonds. The summed E-state index contributed by atoms with van der Waals surface area (Å²) in [5.41, 5.74) is 14.9. The van der Waals surface area contributed by atoms with Gasteiger partial charge in [-0.15, -0.1) is 0 Å². The van der Waals surface area contributed by atoms with Crippen molar-refractivity contribution in [3.63, 3.8) is 0 Å². The summed E-state index contributed by atoms with van der Waals surface area (Å²) in [4.78, 5) is 14.1. The van der Waals surface area contributed by atoms with Gasteiger partial charge in [-0.1, -0.05) is 63.0 Å². The van der Waals surface area contributed by atoms with Crippen molar-refractivity contribution in [2.45, 2.75) is 39.5 Å². The number of halogens is 2. The zero-order chi connectivity index (χ0) is 23.7. The molecule has 32 heavy (non-hydrogen) atoms. The zero-order valence-corrected chi connectivity index (χ0v) is 21.0. The Balaban J connectivity index is 2.34. The summed E-state index contributed by atoms with van der Waals surface area (Å²) in [6, 6.07) is 10.6. The van der Waals surface area contributed by atoms with E-state index in [1.807, 2.05) is 20.2 Å². The number of nitrogen functional groups attached to an aromatic ring is 1. The van der Waals surface area contributed by atoms with E-state index in [-0.39, 0.29) is 27.7 Å². The minimum absolute atomic E-state index is 0.115. The van der Waals surface area contributed by atoms with Crippen molar-refractivity contribution < 1.29 is 4.79 Å². The Morgan fingerprint density at radius 2 is 1.50 bits per heavy atom. The fourth-order valence-corrected chi connectivity index (χ4v) is 4.55. The summed E-state index contributed by atoms with van der Waals surface area (Å²) >= 11 is 12.3. The predicted molar refractivity (Wildman–Crippen MR) is 140 cm³/mol. The number of ketones is 1. The number of rotatable bonds is 5. The van der Waals surface area contributed by atoms with Gasteiger partial charge in [0.15, 0.2) is 0 Å². The SMILES string of the molecule is CC(C)c1cc(C=C2C=C(Cl)C(=O)C(Cl)=C2)c(-c2ccc(N(C)C)cc2)c(C(C)C)c1N. The highest BCUT2D eigenvalue weighted by atomic mass is 35.5. The third kappa shape index (κ3) is 4.79. The molecule has 0 heterocycles.